The lowest BCUT2D eigenvalue weighted by Gasteiger charge is -2.06. The smallest absolute Gasteiger partial charge is 0.322 e. The summed E-state index contributed by atoms with van der Waals surface area (Å²) >= 11 is 1.76. The van der Waals surface area contributed by atoms with E-state index in [-0.39, 0.29) is 11.9 Å². The molecule has 0 fully saturated rings. The van der Waals surface area contributed by atoms with Crippen molar-refractivity contribution in [2.45, 2.75) is 44.3 Å². The number of carbonyl (C=O) groups excluding carboxylic acids is 1. The van der Waals surface area contributed by atoms with Gasteiger partial charge in [0.15, 0.2) is 0 Å². The summed E-state index contributed by atoms with van der Waals surface area (Å²) in [4.78, 5) is 13.5. The summed E-state index contributed by atoms with van der Waals surface area (Å²) < 4.78 is 5.58. The normalized spacial score (nSPS) is 11.0. The van der Waals surface area contributed by atoms with E-state index in [1.54, 1.807) is 23.9 Å². The maximum Gasteiger partial charge on any atom is 0.322 e. The van der Waals surface area contributed by atoms with Crippen molar-refractivity contribution < 1.29 is 9.21 Å². The van der Waals surface area contributed by atoms with Gasteiger partial charge in [-0.1, -0.05) is 42.7 Å². The van der Waals surface area contributed by atoms with Crippen LogP contribution in [0.5, 0.6) is 0 Å². The maximum absolute atomic E-state index is 12.4. The molecule has 0 saturated carbocycles. The highest BCUT2D eigenvalue weighted by Gasteiger charge is 2.13. The van der Waals surface area contributed by atoms with Crippen LogP contribution in [0.4, 0.5) is 6.01 Å². The number of amides is 1. The first-order chi connectivity index (χ1) is 12.9. The molecule has 3 aromatic rings. The Labute approximate surface area is 163 Å². The van der Waals surface area contributed by atoms with Crippen molar-refractivity contribution >= 4 is 23.7 Å². The highest BCUT2D eigenvalue weighted by molar-refractivity contribution is 7.99. The van der Waals surface area contributed by atoms with Crippen LogP contribution in [0.25, 0.3) is 0 Å². The predicted molar refractivity (Wildman–Crippen MR) is 108 cm³/mol. The van der Waals surface area contributed by atoms with Crippen molar-refractivity contribution in [1.82, 2.24) is 10.2 Å². The molecular weight excluding hydrogens is 358 g/mol. The fraction of sp³-hybridized carbons (Fsp3) is 0.286. The van der Waals surface area contributed by atoms with Crippen LogP contribution >= 0.6 is 11.8 Å². The lowest BCUT2D eigenvalue weighted by atomic mass is 10.0. The van der Waals surface area contributed by atoms with Crippen LogP contribution in [0.2, 0.25) is 0 Å². The molecule has 27 heavy (non-hydrogen) atoms. The zero-order chi connectivity index (χ0) is 19.4. The van der Waals surface area contributed by atoms with Crippen LogP contribution in [-0.4, -0.2) is 21.4 Å². The summed E-state index contributed by atoms with van der Waals surface area (Å²) in [5.74, 6) is 0.207. The molecule has 3 rings (SSSR count). The number of aromatic nitrogens is 2. The molecule has 0 radical (unpaired) electrons. The second kappa shape index (κ2) is 8.39. The molecule has 0 unspecified atom stereocenters. The Kier molecular flexibility index (Phi) is 5.96. The number of benzene rings is 2. The molecule has 0 aliphatic rings. The summed E-state index contributed by atoms with van der Waals surface area (Å²) in [6.45, 7) is 8.39. The Morgan fingerprint density at radius 1 is 1.11 bits per heavy atom. The first-order valence-electron chi connectivity index (χ1n) is 8.87. The minimum absolute atomic E-state index is 0.111. The maximum atomic E-state index is 12.4. The number of carbonyl (C=O) groups is 1. The molecule has 1 amide bonds. The molecule has 2 aromatic carbocycles. The lowest BCUT2D eigenvalue weighted by Crippen LogP contribution is -2.12. The second-order valence-corrected chi connectivity index (χ2v) is 8.40. The molecule has 0 aliphatic carbocycles. The van der Waals surface area contributed by atoms with Gasteiger partial charge in [0.25, 0.3) is 5.91 Å². The largest absolute Gasteiger partial charge is 0.407 e. The summed E-state index contributed by atoms with van der Waals surface area (Å²) in [7, 11) is 0. The third-order valence-electron chi connectivity index (χ3n) is 4.02. The van der Waals surface area contributed by atoms with Crippen molar-refractivity contribution in [3.63, 3.8) is 0 Å². The highest BCUT2D eigenvalue weighted by atomic mass is 32.2. The Balaban J connectivity index is 1.63. The molecule has 0 aliphatic heterocycles. The van der Waals surface area contributed by atoms with Crippen molar-refractivity contribution in [2.75, 3.05) is 5.32 Å². The van der Waals surface area contributed by atoms with E-state index in [2.05, 4.69) is 61.4 Å². The first-order valence-corrected chi connectivity index (χ1v) is 9.75. The predicted octanol–water partition coefficient (Wildman–Crippen LogP) is 5.03. The van der Waals surface area contributed by atoms with Crippen LogP contribution in [0.3, 0.4) is 0 Å². The molecule has 0 saturated heterocycles. The molecular formula is C21H23N3O2S. The van der Waals surface area contributed by atoms with Gasteiger partial charge in [-0.2, -0.15) is 0 Å². The zero-order valence-electron chi connectivity index (χ0n) is 15.9. The quantitative estimate of drug-likeness (QED) is 0.607. The fourth-order valence-electron chi connectivity index (χ4n) is 2.71. The van der Waals surface area contributed by atoms with E-state index in [4.69, 9.17) is 4.42 Å². The molecule has 6 heteroatoms. The number of anilines is 1. The average Bonchev–Trinajstić information content (AvgIpc) is 3.04. The number of nitrogens with zero attached hydrogens (tertiary/aromatic N) is 2. The Hall–Kier alpha value is -2.60. The molecule has 1 heterocycles. The second-order valence-electron chi connectivity index (χ2n) is 6.75. The number of nitrogens with one attached hydrogen (secondary N) is 1. The van der Waals surface area contributed by atoms with Gasteiger partial charge in [0, 0.05) is 15.7 Å². The van der Waals surface area contributed by atoms with E-state index in [9.17, 15) is 4.79 Å². The summed E-state index contributed by atoms with van der Waals surface area (Å²) in [6, 6.07) is 13.8. The summed E-state index contributed by atoms with van der Waals surface area (Å²) in [5.41, 5.74) is 4.07. The van der Waals surface area contributed by atoms with Gasteiger partial charge in [0.1, 0.15) is 0 Å². The fourth-order valence-corrected chi connectivity index (χ4v) is 3.55. The molecule has 1 N–H and O–H groups in total. The van der Waals surface area contributed by atoms with Gasteiger partial charge in [-0.25, -0.2) is 0 Å². The molecule has 0 atom stereocenters. The van der Waals surface area contributed by atoms with Crippen molar-refractivity contribution in [1.29, 1.82) is 0 Å². The van der Waals surface area contributed by atoms with Crippen LogP contribution in [0.1, 0.15) is 46.8 Å². The van der Waals surface area contributed by atoms with Gasteiger partial charge in [-0.05, 0) is 49.2 Å². The molecule has 0 spiro atoms. The topological polar surface area (TPSA) is 68.0 Å². The first kappa shape index (κ1) is 19.2. The zero-order valence-corrected chi connectivity index (χ0v) is 16.8. The van der Waals surface area contributed by atoms with Gasteiger partial charge < -0.3 is 4.42 Å². The van der Waals surface area contributed by atoms with Gasteiger partial charge in [0.2, 0.25) is 5.89 Å². The van der Waals surface area contributed by atoms with E-state index >= 15 is 0 Å². The van der Waals surface area contributed by atoms with Crippen molar-refractivity contribution in [3.05, 3.63) is 70.6 Å². The Bertz CT molecular complexity index is 933. The SMILES string of the molecule is Cc1ccc(Cc2nnc(NC(=O)c3ccc(SC(C)C)cc3)o2)c(C)c1. The molecule has 5 nitrogen and oxygen atoms in total. The van der Waals surface area contributed by atoms with Crippen LogP contribution in [-0.2, 0) is 6.42 Å². The molecule has 140 valence electrons. The van der Waals surface area contributed by atoms with Gasteiger partial charge in [-0.3, -0.25) is 10.1 Å². The van der Waals surface area contributed by atoms with Gasteiger partial charge in [-0.15, -0.1) is 16.9 Å². The summed E-state index contributed by atoms with van der Waals surface area (Å²) in [5, 5.41) is 11.1. The van der Waals surface area contributed by atoms with E-state index in [0.29, 0.717) is 23.1 Å². The monoisotopic (exact) mass is 381 g/mol. The molecule has 0 bridgehead atoms. The number of hydrogen-bond acceptors (Lipinski definition) is 5. The average molecular weight is 382 g/mol. The van der Waals surface area contributed by atoms with E-state index < -0.39 is 0 Å². The Morgan fingerprint density at radius 3 is 2.52 bits per heavy atom. The lowest BCUT2D eigenvalue weighted by molar-refractivity contribution is 0.102. The summed E-state index contributed by atoms with van der Waals surface area (Å²) in [6.07, 6.45) is 0.538. The minimum atomic E-state index is -0.266. The number of hydrogen-bond donors (Lipinski definition) is 1. The Morgan fingerprint density at radius 2 is 1.85 bits per heavy atom. The molecule has 1 aromatic heterocycles. The van der Waals surface area contributed by atoms with Crippen molar-refractivity contribution in [3.8, 4) is 0 Å². The van der Waals surface area contributed by atoms with Crippen molar-refractivity contribution in [2.24, 2.45) is 0 Å². The van der Waals surface area contributed by atoms with Crippen LogP contribution < -0.4 is 5.32 Å². The van der Waals surface area contributed by atoms with Gasteiger partial charge in [0.05, 0.1) is 6.42 Å². The number of thioether (sulfide) groups is 1. The van der Waals surface area contributed by atoms with Crippen LogP contribution in [0, 0.1) is 13.8 Å². The number of rotatable bonds is 6. The standard InChI is InChI=1S/C21H23N3O2S/c1-13(2)27-18-9-7-16(8-10-18)20(25)22-21-24-23-19(26-21)12-17-6-5-14(3)11-15(17)4/h5-11,13H,12H2,1-4H3,(H,22,24,25). The number of aryl methyl sites for hydroxylation is 2. The highest BCUT2D eigenvalue weighted by Crippen LogP contribution is 2.23. The minimum Gasteiger partial charge on any atom is -0.407 e. The third kappa shape index (κ3) is 5.20. The van der Waals surface area contributed by atoms with Gasteiger partial charge >= 0.3 is 6.01 Å². The third-order valence-corrected chi connectivity index (χ3v) is 5.03. The van der Waals surface area contributed by atoms with E-state index in [1.165, 1.54) is 11.1 Å². The van der Waals surface area contributed by atoms with Crippen LogP contribution in [0.15, 0.2) is 51.8 Å². The van der Waals surface area contributed by atoms with E-state index in [1.807, 2.05) is 12.1 Å². The van der Waals surface area contributed by atoms with E-state index in [0.717, 1.165) is 10.5 Å².